The number of pyridine rings is 1. The summed E-state index contributed by atoms with van der Waals surface area (Å²) in [6, 6.07) is 14.9. The number of benzene rings is 2. The summed E-state index contributed by atoms with van der Waals surface area (Å²) in [5, 5.41) is 11.6. The Labute approximate surface area is 159 Å². The number of hydrogen-bond acceptors (Lipinski definition) is 3. The van der Waals surface area contributed by atoms with Crippen LogP contribution in [-0.4, -0.2) is 20.5 Å². The first kappa shape index (κ1) is 17.2. The number of rotatable bonds is 3. The zero-order chi connectivity index (χ0) is 19.0. The maximum absolute atomic E-state index is 14.1. The van der Waals surface area contributed by atoms with Crippen LogP contribution in [0.5, 0.6) is 0 Å². The number of carbonyl (C=O) groups is 1. The van der Waals surface area contributed by atoms with Gasteiger partial charge < -0.3 is 5.32 Å². The van der Waals surface area contributed by atoms with Crippen LogP contribution >= 0.6 is 11.6 Å². The number of anilines is 1. The van der Waals surface area contributed by atoms with E-state index in [4.69, 9.17) is 11.6 Å². The molecule has 0 unspecified atom stereocenters. The summed E-state index contributed by atoms with van der Waals surface area (Å²) in [6.45, 7) is 1.86. The molecule has 27 heavy (non-hydrogen) atoms. The van der Waals surface area contributed by atoms with Gasteiger partial charge in [-0.25, -0.2) is 4.39 Å². The van der Waals surface area contributed by atoms with Gasteiger partial charge in [-0.05, 0) is 55.0 Å². The zero-order valence-electron chi connectivity index (χ0n) is 14.3. The van der Waals surface area contributed by atoms with E-state index >= 15 is 0 Å². The predicted molar refractivity (Wildman–Crippen MR) is 103 cm³/mol. The molecule has 4 rings (SSSR count). The van der Waals surface area contributed by atoms with Gasteiger partial charge in [0.05, 0.1) is 11.1 Å². The van der Waals surface area contributed by atoms with Gasteiger partial charge in [-0.3, -0.25) is 9.20 Å². The molecular formula is C20H14ClFN4O. The highest BCUT2D eigenvalue weighted by atomic mass is 35.5. The van der Waals surface area contributed by atoms with Crippen molar-refractivity contribution in [3.05, 3.63) is 82.8 Å². The number of nitrogens with one attached hydrogen (secondary N) is 1. The molecule has 0 atom stereocenters. The summed E-state index contributed by atoms with van der Waals surface area (Å²) in [7, 11) is 0. The Morgan fingerprint density at radius 3 is 2.70 bits per heavy atom. The second-order valence-corrected chi connectivity index (χ2v) is 6.47. The molecule has 0 saturated carbocycles. The molecule has 0 aliphatic rings. The van der Waals surface area contributed by atoms with Crippen LogP contribution in [0.1, 0.15) is 15.9 Å². The van der Waals surface area contributed by atoms with Gasteiger partial charge in [-0.1, -0.05) is 23.7 Å². The van der Waals surface area contributed by atoms with Crippen molar-refractivity contribution in [2.45, 2.75) is 6.92 Å². The lowest BCUT2D eigenvalue weighted by Gasteiger charge is -2.09. The number of aromatic nitrogens is 3. The van der Waals surface area contributed by atoms with Gasteiger partial charge >= 0.3 is 0 Å². The molecule has 0 saturated heterocycles. The summed E-state index contributed by atoms with van der Waals surface area (Å²) in [5.41, 5.74) is 2.49. The smallest absolute Gasteiger partial charge is 0.259 e. The molecule has 0 spiro atoms. The fourth-order valence-electron chi connectivity index (χ4n) is 2.88. The minimum atomic E-state index is -0.404. The van der Waals surface area contributed by atoms with Crippen molar-refractivity contribution in [1.29, 1.82) is 0 Å². The second-order valence-electron chi connectivity index (χ2n) is 6.03. The summed E-state index contributed by atoms with van der Waals surface area (Å²) in [6.07, 6.45) is 1.70. The maximum atomic E-state index is 14.1. The average molecular weight is 381 g/mol. The maximum Gasteiger partial charge on any atom is 0.259 e. The van der Waals surface area contributed by atoms with Gasteiger partial charge in [0.15, 0.2) is 11.5 Å². The number of fused-ring (bicyclic) bond motifs is 1. The molecule has 134 valence electrons. The number of aryl methyl sites for hydroxylation is 1. The van der Waals surface area contributed by atoms with Crippen LogP contribution in [0.15, 0.2) is 60.8 Å². The molecule has 0 aliphatic heterocycles. The molecule has 2 aromatic heterocycles. The van der Waals surface area contributed by atoms with Crippen LogP contribution in [0.2, 0.25) is 5.02 Å². The molecule has 7 heteroatoms. The van der Waals surface area contributed by atoms with E-state index in [0.717, 1.165) is 5.56 Å². The third kappa shape index (κ3) is 3.15. The van der Waals surface area contributed by atoms with Crippen LogP contribution in [0.3, 0.4) is 0 Å². The molecule has 0 bridgehead atoms. The molecule has 2 heterocycles. The largest absolute Gasteiger partial charge is 0.322 e. The molecule has 2 aromatic carbocycles. The molecule has 1 N–H and O–H groups in total. The van der Waals surface area contributed by atoms with E-state index in [1.807, 2.05) is 6.92 Å². The number of halogens is 2. The van der Waals surface area contributed by atoms with Gasteiger partial charge in [0.2, 0.25) is 0 Å². The summed E-state index contributed by atoms with van der Waals surface area (Å²) >= 11 is 5.96. The van der Waals surface area contributed by atoms with Gasteiger partial charge in [-0.2, -0.15) is 0 Å². The Balaban J connectivity index is 1.75. The van der Waals surface area contributed by atoms with E-state index in [9.17, 15) is 9.18 Å². The minimum Gasteiger partial charge on any atom is -0.322 e. The van der Waals surface area contributed by atoms with Gasteiger partial charge in [-0.15, -0.1) is 10.2 Å². The van der Waals surface area contributed by atoms with Crippen molar-refractivity contribution in [1.82, 2.24) is 14.6 Å². The van der Waals surface area contributed by atoms with Gasteiger partial charge in [0.1, 0.15) is 5.82 Å². The lowest BCUT2D eigenvalue weighted by molar-refractivity contribution is 0.102. The second kappa shape index (κ2) is 6.81. The van der Waals surface area contributed by atoms with E-state index in [2.05, 4.69) is 15.5 Å². The van der Waals surface area contributed by atoms with E-state index in [0.29, 0.717) is 33.3 Å². The van der Waals surface area contributed by atoms with Gasteiger partial charge in [0, 0.05) is 16.9 Å². The SMILES string of the molecule is Cc1cc(Cl)ccc1NC(=O)c1cccn2c(-c3ccccc3F)nnc12. The Bertz CT molecular complexity index is 1170. The number of carbonyl (C=O) groups excluding carboxylic acids is 1. The Kier molecular flexibility index (Phi) is 4.33. The average Bonchev–Trinajstić information content (AvgIpc) is 3.08. The van der Waals surface area contributed by atoms with E-state index < -0.39 is 5.82 Å². The summed E-state index contributed by atoms with van der Waals surface area (Å²) < 4.78 is 15.7. The zero-order valence-corrected chi connectivity index (χ0v) is 15.0. The van der Waals surface area contributed by atoms with Gasteiger partial charge in [0.25, 0.3) is 5.91 Å². The Morgan fingerprint density at radius 1 is 1.11 bits per heavy atom. The standard InChI is InChI=1S/C20H14ClFN4O/c1-12-11-13(21)8-9-17(12)23-20(27)15-6-4-10-26-18(24-25-19(15)26)14-5-2-3-7-16(14)22/h2-11H,1H3,(H,23,27). The lowest BCUT2D eigenvalue weighted by atomic mass is 10.1. The van der Waals surface area contributed by atoms with Crippen LogP contribution in [0.25, 0.3) is 17.0 Å². The van der Waals surface area contributed by atoms with E-state index in [1.54, 1.807) is 59.1 Å². The summed E-state index contributed by atoms with van der Waals surface area (Å²) in [5.74, 6) is -0.405. The first-order valence-electron chi connectivity index (χ1n) is 8.21. The summed E-state index contributed by atoms with van der Waals surface area (Å²) in [4.78, 5) is 12.8. The Hall–Kier alpha value is -3.25. The third-order valence-corrected chi connectivity index (χ3v) is 4.47. The lowest BCUT2D eigenvalue weighted by Crippen LogP contribution is -2.14. The number of nitrogens with zero attached hydrogens (tertiary/aromatic N) is 3. The minimum absolute atomic E-state index is 0.316. The first-order chi connectivity index (χ1) is 13.0. The first-order valence-corrected chi connectivity index (χ1v) is 8.58. The molecule has 0 fully saturated rings. The van der Waals surface area contributed by atoms with Crippen molar-refractivity contribution < 1.29 is 9.18 Å². The third-order valence-electron chi connectivity index (χ3n) is 4.23. The van der Waals surface area contributed by atoms with E-state index in [1.165, 1.54) is 6.07 Å². The molecule has 1 amide bonds. The number of hydrogen-bond donors (Lipinski definition) is 1. The fraction of sp³-hybridized carbons (Fsp3) is 0.0500. The number of amides is 1. The van der Waals surface area contributed by atoms with Crippen LogP contribution < -0.4 is 5.32 Å². The highest BCUT2D eigenvalue weighted by molar-refractivity contribution is 6.30. The fourth-order valence-corrected chi connectivity index (χ4v) is 3.10. The quantitative estimate of drug-likeness (QED) is 0.558. The monoisotopic (exact) mass is 380 g/mol. The molecule has 0 aliphatic carbocycles. The molecule has 0 radical (unpaired) electrons. The predicted octanol–water partition coefficient (Wildman–Crippen LogP) is 4.75. The van der Waals surface area contributed by atoms with Crippen LogP contribution in [-0.2, 0) is 0 Å². The normalized spacial score (nSPS) is 10.9. The van der Waals surface area contributed by atoms with Crippen molar-refractivity contribution >= 4 is 28.8 Å². The molecule has 5 nitrogen and oxygen atoms in total. The highest BCUT2D eigenvalue weighted by Gasteiger charge is 2.18. The van der Waals surface area contributed by atoms with Crippen molar-refractivity contribution in [3.63, 3.8) is 0 Å². The molecule has 4 aromatic rings. The Morgan fingerprint density at radius 2 is 1.93 bits per heavy atom. The van der Waals surface area contributed by atoms with Crippen molar-refractivity contribution in [3.8, 4) is 11.4 Å². The van der Waals surface area contributed by atoms with Crippen LogP contribution in [0, 0.1) is 12.7 Å². The van der Waals surface area contributed by atoms with E-state index in [-0.39, 0.29) is 5.91 Å². The van der Waals surface area contributed by atoms with Crippen molar-refractivity contribution in [2.24, 2.45) is 0 Å². The van der Waals surface area contributed by atoms with Crippen molar-refractivity contribution in [2.75, 3.05) is 5.32 Å². The molecular weight excluding hydrogens is 367 g/mol. The highest BCUT2D eigenvalue weighted by Crippen LogP contribution is 2.24. The van der Waals surface area contributed by atoms with Crippen LogP contribution in [0.4, 0.5) is 10.1 Å². The topological polar surface area (TPSA) is 59.3 Å².